The van der Waals surface area contributed by atoms with Crippen molar-refractivity contribution in [3.8, 4) is 0 Å². The molecule has 0 aliphatic carbocycles. The van der Waals surface area contributed by atoms with Crippen LogP contribution in [0, 0.1) is 0 Å². The lowest BCUT2D eigenvalue weighted by atomic mass is 10.3. The van der Waals surface area contributed by atoms with E-state index in [2.05, 4.69) is 5.32 Å². The third kappa shape index (κ3) is 5.77. The fourth-order valence-electron chi connectivity index (χ4n) is 1.85. The first-order valence-electron chi connectivity index (χ1n) is 6.46. The number of β-amino-alcohol motifs (C(OH)–C–C–N with tert-alkyl or cyclic N) is 2. The number of hydrogen-bond acceptors (Lipinski definition) is 5. The quantitative estimate of drug-likeness (QED) is 0.509. The van der Waals surface area contributed by atoms with Gasteiger partial charge in [-0.1, -0.05) is 0 Å². The Morgan fingerprint density at radius 2 is 2.00 bits per heavy atom. The summed E-state index contributed by atoms with van der Waals surface area (Å²) in [4.78, 5) is 13.3. The van der Waals surface area contributed by atoms with Crippen LogP contribution in [0.5, 0.6) is 0 Å². The second-order valence-corrected chi connectivity index (χ2v) is 4.95. The van der Waals surface area contributed by atoms with Crippen LogP contribution < -0.4 is 5.32 Å². The molecule has 0 unspecified atom stereocenters. The summed E-state index contributed by atoms with van der Waals surface area (Å²) < 4.78 is 5.36. The number of nitrogens with zero attached hydrogens (tertiary/aromatic N) is 1. The molecule has 0 saturated carbocycles. The van der Waals surface area contributed by atoms with Crippen molar-refractivity contribution in [1.29, 1.82) is 0 Å². The molecule has 18 heavy (non-hydrogen) atoms. The SMILES string of the molecule is CC(C)OCCCNC(=O)CN1C[C@@H](O)[C@@H](O)C1. The maximum absolute atomic E-state index is 11.6. The molecule has 0 bridgehead atoms. The minimum atomic E-state index is -0.739. The number of carbonyl (C=O) groups is 1. The first-order chi connectivity index (χ1) is 8.49. The zero-order valence-corrected chi connectivity index (χ0v) is 11.1. The van der Waals surface area contributed by atoms with E-state index in [1.54, 1.807) is 4.90 Å². The monoisotopic (exact) mass is 260 g/mol. The van der Waals surface area contributed by atoms with Crippen molar-refractivity contribution in [2.24, 2.45) is 0 Å². The first-order valence-corrected chi connectivity index (χ1v) is 6.46. The Bertz CT molecular complexity index is 250. The summed E-state index contributed by atoms with van der Waals surface area (Å²) in [6.45, 7) is 6.10. The smallest absolute Gasteiger partial charge is 0.234 e. The van der Waals surface area contributed by atoms with Gasteiger partial charge in [0.1, 0.15) is 0 Å². The van der Waals surface area contributed by atoms with Crippen LogP contribution >= 0.6 is 0 Å². The van der Waals surface area contributed by atoms with E-state index in [-0.39, 0.29) is 18.6 Å². The molecule has 1 heterocycles. The Kier molecular flexibility index (Phi) is 6.56. The molecule has 0 radical (unpaired) electrons. The number of hydrogen-bond donors (Lipinski definition) is 3. The van der Waals surface area contributed by atoms with Gasteiger partial charge in [0.2, 0.25) is 5.91 Å². The van der Waals surface area contributed by atoms with E-state index in [0.29, 0.717) is 26.2 Å². The van der Waals surface area contributed by atoms with Crippen molar-refractivity contribution in [2.45, 2.75) is 38.6 Å². The van der Waals surface area contributed by atoms with Crippen LogP contribution in [0.2, 0.25) is 0 Å². The number of ether oxygens (including phenoxy) is 1. The molecule has 106 valence electrons. The first kappa shape index (κ1) is 15.4. The third-order valence-electron chi connectivity index (χ3n) is 2.80. The van der Waals surface area contributed by atoms with Crippen molar-refractivity contribution >= 4 is 5.91 Å². The molecule has 1 rings (SSSR count). The van der Waals surface area contributed by atoms with Gasteiger partial charge in [-0.25, -0.2) is 0 Å². The van der Waals surface area contributed by atoms with Gasteiger partial charge in [-0.15, -0.1) is 0 Å². The van der Waals surface area contributed by atoms with Crippen LogP contribution in [-0.2, 0) is 9.53 Å². The molecule has 0 aromatic carbocycles. The van der Waals surface area contributed by atoms with E-state index in [4.69, 9.17) is 4.74 Å². The molecule has 0 spiro atoms. The van der Waals surface area contributed by atoms with Crippen LogP contribution in [0.3, 0.4) is 0 Å². The molecular formula is C12H24N2O4. The van der Waals surface area contributed by atoms with Crippen LogP contribution in [0.4, 0.5) is 0 Å². The molecular weight excluding hydrogens is 236 g/mol. The fraction of sp³-hybridized carbons (Fsp3) is 0.917. The summed E-state index contributed by atoms with van der Waals surface area (Å²) in [5.41, 5.74) is 0. The van der Waals surface area contributed by atoms with Gasteiger partial charge in [0.05, 0.1) is 24.9 Å². The maximum Gasteiger partial charge on any atom is 0.234 e. The van der Waals surface area contributed by atoms with Crippen LogP contribution in [0.25, 0.3) is 0 Å². The van der Waals surface area contributed by atoms with Crippen molar-refractivity contribution < 1.29 is 19.7 Å². The summed E-state index contributed by atoms with van der Waals surface area (Å²) in [5.74, 6) is -0.0825. The molecule has 1 aliphatic heterocycles. The molecule has 6 nitrogen and oxygen atoms in total. The third-order valence-corrected chi connectivity index (χ3v) is 2.80. The zero-order chi connectivity index (χ0) is 13.5. The van der Waals surface area contributed by atoms with Gasteiger partial charge in [0.15, 0.2) is 0 Å². The van der Waals surface area contributed by atoms with Gasteiger partial charge in [-0.2, -0.15) is 0 Å². The van der Waals surface area contributed by atoms with Crippen molar-refractivity contribution in [3.63, 3.8) is 0 Å². The van der Waals surface area contributed by atoms with E-state index in [1.807, 2.05) is 13.8 Å². The highest BCUT2D eigenvalue weighted by Crippen LogP contribution is 2.08. The van der Waals surface area contributed by atoms with Gasteiger partial charge in [-0.3, -0.25) is 9.69 Å². The molecule has 0 aromatic rings. The summed E-state index contributed by atoms with van der Waals surface area (Å²) in [6, 6.07) is 0. The Labute approximate surface area is 108 Å². The number of carbonyl (C=O) groups excluding carboxylic acids is 1. The number of likely N-dealkylation sites (tertiary alicyclic amines) is 1. The summed E-state index contributed by atoms with van der Waals surface area (Å²) in [6.07, 6.45) is -0.474. The largest absolute Gasteiger partial charge is 0.389 e. The van der Waals surface area contributed by atoms with Crippen molar-refractivity contribution in [3.05, 3.63) is 0 Å². The molecule has 1 fully saturated rings. The fourth-order valence-corrected chi connectivity index (χ4v) is 1.85. The molecule has 1 aliphatic rings. The van der Waals surface area contributed by atoms with Crippen LogP contribution in [-0.4, -0.2) is 72.1 Å². The second kappa shape index (κ2) is 7.68. The average Bonchev–Trinajstić information content (AvgIpc) is 2.56. The Morgan fingerprint density at radius 1 is 1.39 bits per heavy atom. The second-order valence-electron chi connectivity index (χ2n) is 4.95. The molecule has 2 atom stereocenters. The van der Waals surface area contributed by atoms with Crippen molar-refractivity contribution in [1.82, 2.24) is 10.2 Å². The van der Waals surface area contributed by atoms with E-state index in [0.717, 1.165) is 6.42 Å². The van der Waals surface area contributed by atoms with Gasteiger partial charge in [0.25, 0.3) is 0 Å². The highest BCUT2D eigenvalue weighted by atomic mass is 16.5. The molecule has 1 saturated heterocycles. The summed E-state index contributed by atoms with van der Waals surface area (Å²) in [5, 5.41) is 21.5. The molecule has 3 N–H and O–H groups in total. The lowest BCUT2D eigenvalue weighted by Crippen LogP contribution is -2.37. The minimum Gasteiger partial charge on any atom is -0.389 e. The molecule has 1 amide bonds. The topological polar surface area (TPSA) is 82.0 Å². The van der Waals surface area contributed by atoms with E-state index in [1.165, 1.54) is 0 Å². The van der Waals surface area contributed by atoms with Crippen LogP contribution in [0.15, 0.2) is 0 Å². The number of rotatable bonds is 7. The van der Waals surface area contributed by atoms with Gasteiger partial charge < -0.3 is 20.3 Å². The van der Waals surface area contributed by atoms with Gasteiger partial charge >= 0.3 is 0 Å². The predicted octanol–water partition coefficient (Wildman–Crippen LogP) is -1.04. The minimum absolute atomic E-state index is 0.0825. The predicted molar refractivity (Wildman–Crippen MR) is 67.2 cm³/mol. The van der Waals surface area contributed by atoms with Crippen LogP contribution in [0.1, 0.15) is 20.3 Å². The van der Waals surface area contributed by atoms with Crippen molar-refractivity contribution in [2.75, 3.05) is 32.8 Å². The zero-order valence-electron chi connectivity index (χ0n) is 11.1. The number of amides is 1. The summed E-state index contributed by atoms with van der Waals surface area (Å²) in [7, 11) is 0. The Balaban J connectivity index is 2.04. The van der Waals surface area contributed by atoms with E-state index < -0.39 is 12.2 Å². The lowest BCUT2D eigenvalue weighted by molar-refractivity contribution is -0.122. The summed E-state index contributed by atoms with van der Waals surface area (Å²) >= 11 is 0. The Morgan fingerprint density at radius 3 is 2.56 bits per heavy atom. The van der Waals surface area contributed by atoms with Gasteiger partial charge in [0, 0.05) is 26.2 Å². The molecule has 6 heteroatoms. The maximum atomic E-state index is 11.6. The van der Waals surface area contributed by atoms with E-state index >= 15 is 0 Å². The number of aliphatic hydroxyl groups is 2. The standard InChI is InChI=1S/C12H24N2O4/c1-9(2)18-5-3-4-13-12(17)8-14-6-10(15)11(16)7-14/h9-11,15-16H,3-8H2,1-2H3,(H,13,17)/t10-,11+. The lowest BCUT2D eigenvalue weighted by Gasteiger charge is -2.14. The highest BCUT2D eigenvalue weighted by molar-refractivity contribution is 5.78. The number of nitrogens with one attached hydrogen (secondary N) is 1. The normalized spacial score (nSPS) is 24.7. The van der Waals surface area contributed by atoms with E-state index in [9.17, 15) is 15.0 Å². The molecule has 0 aromatic heterocycles. The Hall–Kier alpha value is -0.690. The van der Waals surface area contributed by atoms with Gasteiger partial charge in [-0.05, 0) is 20.3 Å². The highest BCUT2D eigenvalue weighted by Gasteiger charge is 2.30. The average molecular weight is 260 g/mol. The number of aliphatic hydroxyl groups excluding tert-OH is 2.